The molecule has 1 fully saturated rings. The van der Waals surface area contributed by atoms with Crippen molar-refractivity contribution < 1.29 is 0 Å². The number of rotatable bonds is 6. The van der Waals surface area contributed by atoms with E-state index in [0.29, 0.717) is 5.92 Å². The molecule has 1 aliphatic carbocycles. The summed E-state index contributed by atoms with van der Waals surface area (Å²) in [6.07, 6.45) is 6.94. The van der Waals surface area contributed by atoms with Gasteiger partial charge in [-0.05, 0) is 38.0 Å². The molecule has 4 heteroatoms. The van der Waals surface area contributed by atoms with E-state index in [1.165, 1.54) is 25.7 Å². The maximum Gasteiger partial charge on any atom is 0.0850 e. The van der Waals surface area contributed by atoms with E-state index in [4.69, 9.17) is 17.3 Å². The largest absolute Gasteiger partial charge is 0.327 e. The van der Waals surface area contributed by atoms with Crippen molar-refractivity contribution in [1.29, 1.82) is 0 Å². The summed E-state index contributed by atoms with van der Waals surface area (Å²) in [6, 6.07) is 0.218. The summed E-state index contributed by atoms with van der Waals surface area (Å²) in [5.74, 6) is 1.53. The van der Waals surface area contributed by atoms with Crippen molar-refractivity contribution in [2.45, 2.75) is 71.9 Å². The Hall–Kier alpha value is -0.540. The van der Waals surface area contributed by atoms with Crippen LogP contribution < -0.4 is 5.73 Å². The highest BCUT2D eigenvalue weighted by Crippen LogP contribution is 2.35. The molecule has 0 saturated heterocycles. The lowest BCUT2D eigenvalue weighted by Crippen LogP contribution is -2.32. The van der Waals surface area contributed by atoms with Crippen LogP contribution in [-0.4, -0.2) is 15.8 Å². The van der Waals surface area contributed by atoms with E-state index in [1.54, 1.807) is 0 Å². The molecule has 0 amide bonds. The summed E-state index contributed by atoms with van der Waals surface area (Å²) < 4.78 is 2.04. The van der Waals surface area contributed by atoms with E-state index in [1.807, 2.05) is 4.68 Å². The second-order valence-electron chi connectivity index (χ2n) is 6.09. The van der Waals surface area contributed by atoms with E-state index < -0.39 is 0 Å². The van der Waals surface area contributed by atoms with Crippen molar-refractivity contribution in [3.8, 4) is 0 Å². The van der Waals surface area contributed by atoms with Crippen molar-refractivity contribution in [2.24, 2.45) is 17.6 Å². The Kier molecular flexibility index (Phi) is 5.50. The molecule has 0 spiro atoms. The van der Waals surface area contributed by atoms with Gasteiger partial charge in [0.2, 0.25) is 0 Å². The van der Waals surface area contributed by atoms with Gasteiger partial charge in [-0.25, -0.2) is 0 Å². The van der Waals surface area contributed by atoms with E-state index >= 15 is 0 Å². The van der Waals surface area contributed by atoms with Crippen LogP contribution in [0.3, 0.4) is 0 Å². The second-order valence-corrected chi connectivity index (χ2v) is 6.47. The standard InChI is InChI=1S/C16H28ClN3/c1-4-11-7-8-12(9-11)13(18)10-15-16(17)14(5-2)19-20(15)6-3/h11-13H,4-10,18H2,1-3H3. The zero-order valence-electron chi connectivity index (χ0n) is 13.0. The zero-order valence-corrected chi connectivity index (χ0v) is 13.8. The van der Waals surface area contributed by atoms with E-state index in [2.05, 4.69) is 25.9 Å². The van der Waals surface area contributed by atoms with Crippen LogP contribution in [-0.2, 0) is 19.4 Å². The Morgan fingerprint density at radius 1 is 1.35 bits per heavy atom. The summed E-state index contributed by atoms with van der Waals surface area (Å²) in [7, 11) is 0. The Bertz CT molecular complexity index is 441. The number of aromatic nitrogens is 2. The highest BCUT2D eigenvalue weighted by atomic mass is 35.5. The van der Waals surface area contributed by atoms with Crippen LogP contribution in [0.4, 0.5) is 0 Å². The van der Waals surface area contributed by atoms with Gasteiger partial charge in [0.1, 0.15) is 0 Å². The molecule has 2 rings (SSSR count). The maximum atomic E-state index is 6.48. The van der Waals surface area contributed by atoms with Gasteiger partial charge in [0.25, 0.3) is 0 Å². The molecule has 0 aliphatic heterocycles. The number of hydrogen-bond acceptors (Lipinski definition) is 2. The van der Waals surface area contributed by atoms with Gasteiger partial charge in [-0.15, -0.1) is 0 Å². The summed E-state index contributed by atoms with van der Waals surface area (Å²) in [5.41, 5.74) is 8.62. The predicted molar refractivity (Wildman–Crippen MR) is 85.1 cm³/mol. The molecule has 1 aromatic heterocycles. The van der Waals surface area contributed by atoms with Crippen LogP contribution in [0.2, 0.25) is 5.02 Å². The zero-order chi connectivity index (χ0) is 14.7. The fraction of sp³-hybridized carbons (Fsp3) is 0.812. The third-order valence-electron chi connectivity index (χ3n) is 4.89. The molecule has 20 heavy (non-hydrogen) atoms. The summed E-state index contributed by atoms with van der Waals surface area (Å²) in [5, 5.41) is 5.43. The fourth-order valence-electron chi connectivity index (χ4n) is 3.48. The first-order valence-electron chi connectivity index (χ1n) is 8.10. The van der Waals surface area contributed by atoms with Crippen LogP contribution in [0, 0.1) is 11.8 Å². The number of aryl methyl sites for hydroxylation is 2. The van der Waals surface area contributed by atoms with E-state index in [0.717, 1.165) is 41.7 Å². The minimum absolute atomic E-state index is 0.218. The molecule has 3 atom stereocenters. The maximum absolute atomic E-state index is 6.48. The lowest BCUT2D eigenvalue weighted by Gasteiger charge is -2.20. The highest BCUT2D eigenvalue weighted by molar-refractivity contribution is 6.31. The third kappa shape index (κ3) is 3.20. The van der Waals surface area contributed by atoms with E-state index in [9.17, 15) is 0 Å². The average Bonchev–Trinajstić information content (AvgIpc) is 3.05. The van der Waals surface area contributed by atoms with Gasteiger partial charge < -0.3 is 5.73 Å². The van der Waals surface area contributed by atoms with Crippen molar-refractivity contribution >= 4 is 11.6 Å². The third-order valence-corrected chi connectivity index (χ3v) is 5.32. The normalized spacial score (nSPS) is 24.2. The molecule has 3 unspecified atom stereocenters. The molecule has 1 saturated carbocycles. The molecule has 2 N–H and O–H groups in total. The molecule has 0 bridgehead atoms. The van der Waals surface area contributed by atoms with Gasteiger partial charge >= 0.3 is 0 Å². The Balaban J connectivity index is 2.07. The number of hydrogen-bond donors (Lipinski definition) is 1. The first-order chi connectivity index (χ1) is 9.60. The molecule has 1 aliphatic rings. The van der Waals surface area contributed by atoms with Gasteiger partial charge in [-0.1, -0.05) is 38.3 Å². The smallest absolute Gasteiger partial charge is 0.0850 e. The van der Waals surface area contributed by atoms with Gasteiger partial charge in [-0.2, -0.15) is 5.10 Å². The van der Waals surface area contributed by atoms with Crippen LogP contribution in [0.25, 0.3) is 0 Å². The van der Waals surface area contributed by atoms with E-state index in [-0.39, 0.29) is 6.04 Å². The van der Waals surface area contributed by atoms with Crippen molar-refractivity contribution in [1.82, 2.24) is 9.78 Å². The van der Waals surface area contributed by atoms with Crippen LogP contribution >= 0.6 is 11.6 Å². The fourth-order valence-corrected chi connectivity index (χ4v) is 3.82. The van der Waals surface area contributed by atoms with Crippen LogP contribution in [0.15, 0.2) is 0 Å². The van der Waals surface area contributed by atoms with Crippen molar-refractivity contribution in [3.05, 3.63) is 16.4 Å². The Labute approximate surface area is 127 Å². The van der Waals surface area contributed by atoms with Gasteiger partial charge in [0.15, 0.2) is 0 Å². The first-order valence-corrected chi connectivity index (χ1v) is 8.47. The molecule has 1 aromatic rings. The average molecular weight is 298 g/mol. The topological polar surface area (TPSA) is 43.8 Å². The van der Waals surface area contributed by atoms with Crippen molar-refractivity contribution in [2.75, 3.05) is 0 Å². The molecule has 1 heterocycles. The highest BCUT2D eigenvalue weighted by Gasteiger charge is 2.29. The van der Waals surface area contributed by atoms with Crippen LogP contribution in [0.1, 0.15) is 57.8 Å². The lowest BCUT2D eigenvalue weighted by molar-refractivity contribution is 0.397. The van der Waals surface area contributed by atoms with Gasteiger partial charge in [0, 0.05) is 19.0 Å². The van der Waals surface area contributed by atoms with Gasteiger partial charge in [-0.3, -0.25) is 4.68 Å². The SMILES string of the molecule is CCc1nn(CC)c(CC(N)C2CCC(CC)C2)c1Cl. The van der Waals surface area contributed by atoms with Crippen molar-refractivity contribution in [3.63, 3.8) is 0 Å². The summed E-state index contributed by atoms with van der Waals surface area (Å²) in [4.78, 5) is 0. The Morgan fingerprint density at radius 2 is 2.10 bits per heavy atom. The molecule has 3 nitrogen and oxygen atoms in total. The minimum atomic E-state index is 0.218. The molecular weight excluding hydrogens is 270 g/mol. The molecule has 0 aromatic carbocycles. The molecule has 0 radical (unpaired) electrons. The predicted octanol–water partition coefficient (Wildman–Crippen LogP) is 3.81. The second kappa shape index (κ2) is 6.95. The number of nitrogens with zero attached hydrogens (tertiary/aromatic N) is 2. The number of nitrogens with two attached hydrogens (primary N) is 1. The lowest BCUT2D eigenvalue weighted by atomic mass is 9.93. The Morgan fingerprint density at radius 3 is 2.65 bits per heavy atom. The molecule has 114 valence electrons. The number of halogens is 1. The summed E-state index contributed by atoms with van der Waals surface area (Å²) >= 11 is 6.48. The van der Waals surface area contributed by atoms with Gasteiger partial charge in [0.05, 0.1) is 16.4 Å². The minimum Gasteiger partial charge on any atom is -0.327 e. The summed E-state index contributed by atoms with van der Waals surface area (Å²) in [6.45, 7) is 7.36. The molecular formula is C16H28ClN3. The monoisotopic (exact) mass is 297 g/mol. The first kappa shape index (κ1) is 15.8. The van der Waals surface area contributed by atoms with Crippen LogP contribution in [0.5, 0.6) is 0 Å². The quantitative estimate of drug-likeness (QED) is 0.867.